The van der Waals surface area contributed by atoms with Crippen molar-refractivity contribution in [1.82, 2.24) is 14.6 Å². The van der Waals surface area contributed by atoms with Crippen molar-refractivity contribution in [2.45, 2.75) is 13.3 Å². The van der Waals surface area contributed by atoms with Crippen molar-refractivity contribution in [3.8, 4) is 17.0 Å². The second kappa shape index (κ2) is 8.34. The highest BCUT2D eigenvalue weighted by Gasteiger charge is 2.14. The molecule has 0 unspecified atom stereocenters. The number of benzene rings is 1. The minimum atomic E-state index is -0.498. The summed E-state index contributed by atoms with van der Waals surface area (Å²) in [5.74, 6) is 0.0510. The van der Waals surface area contributed by atoms with Gasteiger partial charge < -0.3 is 14.8 Å². The molecule has 0 bridgehead atoms. The summed E-state index contributed by atoms with van der Waals surface area (Å²) in [6.07, 6.45) is 1.42. The number of fused-ring (bicyclic) bond motifs is 1. The average Bonchev–Trinajstić information content (AvgIpc) is 3.09. The summed E-state index contributed by atoms with van der Waals surface area (Å²) < 4.78 is 11.6. The highest BCUT2D eigenvalue weighted by Crippen LogP contribution is 2.22. The predicted molar refractivity (Wildman–Crippen MR) is 104 cm³/mol. The number of aromatic nitrogens is 3. The fraction of sp³-hybridized carbons (Fsp3) is 0.200. The van der Waals surface area contributed by atoms with Crippen LogP contribution in [-0.4, -0.2) is 40.2 Å². The van der Waals surface area contributed by atoms with Gasteiger partial charge in [0.25, 0.3) is 5.91 Å². The summed E-state index contributed by atoms with van der Waals surface area (Å²) in [7, 11) is 1.61. The number of hydrogen-bond acceptors (Lipinski definition) is 6. The minimum absolute atomic E-state index is 0.0977. The fourth-order valence-corrected chi connectivity index (χ4v) is 2.55. The average molecular weight is 380 g/mol. The Hall–Kier alpha value is -3.68. The number of imidazole rings is 1. The Labute approximate surface area is 161 Å². The summed E-state index contributed by atoms with van der Waals surface area (Å²) in [5, 5.41) is 7.14. The largest absolute Gasteiger partial charge is 0.497 e. The van der Waals surface area contributed by atoms with E-state index in [0.717, 1.165) is 17.0 Å². The summed E-state index contributed by atoms with van der Waals surface area (Å²) in [4.78, 5) is 28.0. The monoisotopic (exact) mass is 380 g/mol. The van der Waals surface area contributed by atoms with Gasteiger partial charge in [-0.3, -0.25) is 9.59 Å². The number of carbonyl (C=O) groups excluding carboxylic acids is 2. The van der Waals surface area contributed by atoms with Gasteiger partial charge in [-0.2, -0.15) is 5.10 Å². The third kappa shape index (κ3) is 4.35. The number of methoxy groups -OCH3 is 1. The molecule has 0 saturated heterocycles. The second-order valence-electron chi connectivity index (χ2n) is 5.92. The second-order valence-corrected chi connectivity index (χ2v) is 5.92. The minimum Gasteiger partial charge on any atom is -0.497 e. The lowest BCUT2D eigenvalue weighted by molar-refractivity contribution is -0.142. The third-order valence-electron chi connectivity index (χ3n) is 3.91. The molecular weight excluding hydrogens is 360 g/mol. The topological polar surface area (TPSA) is 94.8 Å². The molecule has 0 aliphatic heterocycles. The van der Waals surface area contributed by atoms with E-state index in [1.807, 2.05) is 30.3 Å². The number of nitrogens with zero attached hydrogens (tertiary/aromatic N) is 3. The van der Waals surface area contributed by atoms with Crippen molar-refractivity contribution in [2.75, 3.05) is 19.0 Å². The van der Waals surface area contributed by atoms with Crippen LogP contribution < -0.4 is 10.1 Å². The molecule has 1 amide bonds. The summed E-state index contributed by atoms with van der Waals surface area (Å²) in [6, 6.07) is 11.2. The molecule has 28 heavy (non-hydrogen) atoms. The number of amides is 1. The Bertz CT molecular complexity index is 1040. The quantitative estimate of drug-likeness (QED) is 0.500. The number of nitrogens with one attached hydrogen (secondary N) is 1. The summed E-state index contributed by atoms with van der Waals surface area (Å²) in [5.41, 5.74) is 2.29. The zero-order chi connectivity index (χ0) is 20.1. The first kappa shape index (κ1) is 19.1. The van der Waals surface area contributed by atoms with Gasteiger partial charge in [-0.25, -0.2) is 9.50 Å². The lowest BCUT2D eigenvalue weighted by Gasteiger charge is -2.05. The molecule has 3 rings (SSSR count). The SMILES string of the molecule is C=C(CC(=O)OCC)C(=O)Nc1cn2nc(-c3cccc(OC)c3)ccc2n1. The van der Waals surface area contributed by atoms with Crippen LogP contribution >= 0.6 is 0 Å². The van der Waals surface area contributed by atoms with Crippen LogP contribution in [0.15, 0.2) is 54.7 Å². The lowest BCUT2D eigenvalue weighted by atomic mass is 10.1. The van der Waals surface area contributed by atoms with Crippen molar-refractivity contribution >= 4 is 23.3 Å². The molecule has 3 aromatic rings. The van der Waals surface area contributed by atoms with Crippen LogP contribution in [0.5, 0.6) is 5.75 Å². The van der Waals surface area contributed by atoms with Gasteiger partial charge in [-0.15, -0.1) is 0 Å². The Morgan fingerprint density at radius 3 is 2.82 bits per heavy atom. The molecular formula is C20H20N4O4. The van der Waals surface area contributed by atoms with E-state index in [9.17, 15) is 9.59 Å². The van der Waals surface area contributed by atoms with E-state index in [1.54, 1.807) is 30.8 Å². The standard InChI is InChI=1S/C20H20N4O4/c1-4-28-19(25)10-13(2)20(26)22-17-12-24-18(21-17)9-8-16(23-24)14-6-5-7-15(11-14)27-3/h5-9,11-12H,2,4,10H2,1,3H3,(H,22,26). The smallest absolute Gasteiger partial charge is 0.310 e. The van der Waals surface area contributed by atoms with Gasteiger partial charge in [0.05, 0.1) is 32.0 Å². The van der Waals surface area contributed by atoms with Crippen LogP contribution in [0.2, 0.25) is 0 Å². The van der Waals surface area contributed by atoms with E-state index in [1.165, 1.54) is 0 Å². The number of anilines is 1. The van der Waals surface area contributed by atoms with Crippen molar-refractivity contribution in [1.29, 1.82) is 0 Å². The highest BCUT2D eigenvalue weighted by atomic mass is 16.5. The van der Waals surface area contributed by atoms with E-state index in [2.05, 4.69) is 22.0 Å². The van der Waals surface area contributed by atoms with Gasteiger partial charge in [-0.05, 0) is 31.2 Å². The van der Waals surface area contributed by atoms with Gasteiger partial charge in [0.1, 0.15) is 5.75 Å². The molecule has 1 N–H and O–H groups in total. The van der Waals surface area contributed by atoms with Crippen molar-refractivity contribution in [2.24, 2.45) is 0 Å². The van der Waals surface area contributed by atoms with Crippen LogP contribution in [0, 0.1) is 0 Å². The first-order valence-corrected chi connectivity index (χ1v) is 8.65. The Balaban J connectivity index is 1.76. The number of hydrogen-bond donors (Lipinski definition) is 1. The zero-order valence-electron chi connectivity index (χ0n) is 15.6. The predicted octanol–water partition coefficient (Wildman–Crippen LogP) is 2.85. The maximum atomic E-state index is 12.2. The van der Waals surface area contributed by atoms with Gasteiger partial charge in [0.2, 0.25) is 0 Å². The molecule has 0 aliphatic rings. The Morgan fingerprint density at radius 2 is 2.07 bits per heavy atom. The molecule has 8 heteroatoms. The first-order valence-electron chi connectivity index (χ1n) is 8.65. The Morgan fingerprint density at radius 1 is 1.25 bits per heavy atom. The molecule has 0 atom stereocenters. The Kier molecular flexibility index (Phi) is 5.69. The molecule has 2 heterocycles. The van der Waals surface area contributed by atoms with Crippen LogP contribution in [0.25, 0.3) is 16.9 Å². The number of ether oxygens (including phenoxy) is 2. The molecule has 2 aromatic heterocycles. The van der Waals surface area contributed by atoms with Crippen molar-refractivity contribution < 1.29 is 19.1 Å². The van der Waals surface area contributed by atoms with Gasteiger partial charge in [0, 0.05) is 11.1 Å². The maximum Gasteiger partial charge on any atom is 0.310 e. The van der Waals surface area contributed by atoms with Crippen molar-refractivity contribution in [3.63, 3.8) is 0 Å². The number of rotatable bonds is 7. The van der Waals surface area contributed by atoms with E-state index >= 15 is 0 Å². The first-order chi connectivity index (χ1) is 13.5. The van der Waals surface area contributed by atoms with Crippen LogP contribution in [0.1, 0.15) is 13.3 Å². The molecule has 1 aromatic carbocycles. The zero-order valence-corrected chi connectivity index (χ0v) is 15.6. The summed E-state index contributed by atoms with van der Waals surface area (Å²) in [6.45, 7) is 5.57. The summed E-state index contributed by atoms with van der Waals surface area (Å²) >= 11 is 0. The third-order valence-corrected chi connectivity index (χ3v) is 3.91. The highest BCUT2D eigenvalue weighted by molar-refractivity contribution is 6.05. The van der Waals surface area contributed by atoms with Gasteiger partial charge in [-0.1, -0.05) is 18.7 Å². The van der Waals surface area contributed by atoms with Crippen LogP contribution in [-0.2, 0) is 14.3 Å². The number of esters is 1. The maximum absolute atomic E-state index is 12.2. The fourth-order valence-electron chi connectivity index (χ4n) is 2.55. The van der Waals surface area contributed by atoms with Gasteiger partial charge >= 0.3 is 5.97 Å². The van der Waals surface area contributed by atoms with E-state index < -0.39 is 11.9 Å². The molecule has 0 saturated carbocycles. The lowest BCUT2D eigenvalue weighted by Crippen LogP contribution is -2.17. The molecule has 0 radical (unpaired) electrons. The molecule has 0 spiro atoms. The molecule has 8 nitrogen and oxygen atoms in total. The van der Waals surface area contributed by atoms with Crippen LogP contribution in [0.4, 0.5) is 5.82 Å². The molecule has 0 aliphatic carbocycles. The van der Waals surface area contributed by atoms with Gasteiger partial charge in [0.15, 0.2) is 11.5 Å². The van der Waals surface area contributed by atoms with Crippen LogP contribution in [0.3, 0.4) is 0 Å². The van der Waals surface area contributed by atoms with E-state index in [0.29, 0.717) is 11.5 Å². The van der Waals surface area contributed by atoms with Crippen molar-refractivity contribution in [3.05, 3.63) is 54.7 Å². The molecule has 144 valence electrons. The van der Waals surface area contributed by atoms with E-state index in [4.69, 9.17) is 9.47 Å². The van der Waals surface area contributed by atoms with E-state index in [-0.39, 0.29) is 18.6 Å². The normalized spacial score (nSPS) is 10.5. The molecule has 0 fully saturated rings. The number of carbonyl (C=O) groups is 2.